The highest BCUT2D eigenvalue weighted by atomic mass is 127. The molecule has 3 rings (SSSR count). The molecule has 1 aliphatic carbocycles. The molecule has 156 valence electrons. The van der Waals surface area contributed by atoms with Crippen molar-refractivity contribution in [3.63, 3.8) is 0 Å². The average Bonchev–Trinajstić information content (AvgIpc) is 3.23. The number of rotatable bonds is 7. The molecule has 0 aromatic heterocycles. The second-order valence-corrected chi connectivity index (χ2v) is 8.60. The molecule has 0 spiro atoms. The Labute approximate surface area is 191 Å². The molecule has 0 unspecified atom stereocenters. The van der Waals surface area contributed by atoms with Gasteiger partial charge in [0.05, 0.1) is 10.7 Å². The van der Waals surface area contributed by atoms with Crippen molar-refractivity contribution in [1.29, 1.82) is 5.26 Å². The summed E-state index contributed by atoms with van der Waals surface area (Å²) in [7, 11) is 1.58. The fraction of sp³-hybridized carbons (Fsp3) is 0.333. The summed E-state index contributed by atoms with van der Waals surface area (Å²) in [6, 6.07) is 14.0. The summed E-state index contributed by atoms with van der Waals surface area (Å²) >= 11 is 2.18. The minimum Gasteiger partial charge on any atom is -0.493 e. The molecular formula is C24H25IN2O3. The standard InChI is InChI=1S/C24H25IN2O3/c1-16-6-5-7-17(10-16)15-30-23-21(25)12-18(13-22(23)29-2)11-19(14-26)24(28)27-20-8-3-4-9-20/h5-7,10-13,20H,3-4,8-9,15H2,1-2H3,(H,27,28)/b19-11-. The minimum atomic E-state index is -0.321. The lowest BCUT2D eigenvalue weighted by molar-refractivity contribution is -0.117. The van der Waals surface area contributed by atoms with E-state index >= 15 is 0 Å². The Kier molecular flexibility index (Phi) is 7.75. The third-order valence-electron chi connectivity index (χ3n) is 5.08. The van der Waals surface area contributed by atoms with Gasteiger partial charge in [-0.2, -0.15) is 5.26 Å². The van der Waals surface area contributed by atoms with Gasteiger partial charge in [-0.15, -0.1) is 0 Å². The third-order valence-corrected chi connectivity index (χ3v) is 5.89. The lowest BCUT2D eigenvalue weighted by Crippen LogP contribution is -2.33. The fourth-order valence-electron chi connectivity index (χ4n) is 3.57. The third kappa shape index (κ3) is 5.76. The van der Waals surface area contributed by atoms with E-state index in [4.69, 9.17) is 9.47 Å². The van der Waals surface area contributed by atoms with E-state index in [2.05, 4.69) is 34.0 Å². The first-order chi connectivity index (χ1) is 14.5. The number of hydrogen-bond acceptors (Lipinski definition) is 4. The van der Waals surface area contributed by atoms with Gasteiger partial charge in [-0.25, -0.2) is 0 Å². The van der Waals surface area contributed by atoms with E-state index in [1.165, 1.54) is 5.56 Å². The Hall–Kier alpha value is -2.53. The van der Waals surface area contributed by atoms with Gasteiger partial charge in [0.1, 0.15) is 18.2 Å². The van der Waals surface area contributed by atoms with Crippen LogP contribution < -0.4 is 14.8 Å². The van der Waals surface area contributed by atoms with Crippen LogP contribution in [-0.2, 0) is 11.4 Å². The normalized spacial score (nSPS) is 14.3. The van der Waals surface area contributed by atoms with Crippen LogP contribution in [0.25, 0.3) is 6.08 Å². The number of carbonyl (C=O) groups is 1. The Morgan fingerprint density at radius 2 is 2.07 bits per heavy atom. The molecule has 1 N–H and O–H groups in total. The minimum absolute atomic E-state index is 0.0909. The number of amides is 1. The molecule has 1 aliphatic rings. The topological polar surface area (TPSA) is 71.3 Å². The molecule has 0 atom stereocenters. The van der Waals surface area contributed by atoms with E-state index in [1.54, 1.807) is 19.3 Å². The van der Waals surface area contributed by atoms with Crippen LogP contribution in [0.4, 0.5) is 0 Å². The van der Waals surface area contributed by atoms with Crippen molar-refractivity contribution in [2.24, 2.45) is 0 Å². The molecule has 0 heterocycles. The Bertz CT molecular complexity index is 988. The van der Waals surface area contributed by atoms with Crippen LogP contribution in [0, 0.1) is 21.8 Å². The van der Waals surface area contributed by atoms with E-state index < -0.39 is 0 Å². The first kappa shape index (κ1) is 22.2. The molecular weight excluding hydrogens is 491 g/mol. The van der Waals surface area contributed by atoms with E-state index in [-0.39, 0.29) is 17.5 Å². The van der Waals surface area contributed by atoms with Gasteiger partial charge in [-0.1, -0.05) is 42.7 Å². The lowest BCUT2D eigenvalue weighted by Gasteiger charge is -2.14. The molecule has 0 radical (unpaired) electrons. The number of ether oxygens (including phenoxy) is 2. The lowest BCUT2D eigenvalue weighted by atomic mass is 10.1. The predicted octanol–water partition coefficient (Wildman–Crippen LogP) is 5.15. The molecule has 0 bridgehead atoms. The molecule has 1 saturated carbocycles. The highest BCUT2D eigenvalue weighted by Crippen LogP contribution is 2.35. The van der Waals surface area contributed by atoms with Gasteiger partial charge >= 0.3 is 0 Å². The average molecular weight is 516 g/mol. The number of nitrogens with one attached hydrogen (secondary N) is 1. The largest absolute Gasteiger partial charge is 0.493 e. The van der Waals surface area contributed by atoms with Crippen LogP contribution in [0.3, 0.4) is 0 Å². The highest BCUT2D eigenvalue weighted by Gasteiger charge is 2.20. The number of halogens is 1. The maximum absolute atomic E-state index is 12.5. The number of nitrogens with zero attached hydrogens (tertiary/aromatic N) is 1. The second kappa shape index (κ2) is 10.5. The summed E-state index contributed by atoms with van der Waals surface area (Å²) in [5.41, 5.74) is 3.07. The van der Waals surface area contributed by atoms with Gasteiger partial charge in [0.25, 0.3) is 5.91 Å². The van der Waals surface area contributed by atoms with Gasteiger partial charge in [0.15, 0.2) is 11.5 Å². The Morgan fingerprint density at radius 3 is 2.73 bits per heavy atom. The van der Waals surface area contributed by atoms with Crippen LogP contribution >= 0.6 is 22.6 Å². The Morgan fingerprint density at radius 1 is 1.30 bits per heavy atom. The smallest absolute Gasteiger partial charge is 0.262 e. The number of carbonyl (C=O) groups excluding carboxylic acids is 1. The summed E-state index contributed by atoms with van der Waals surface area (Å²) in [5.74, 6) is 0.887. The quantitative estimate of drug-likeness (QED) is 0.314. The van der Waals surface area contributed by atoms with E-state index in [1.807, 2.05) is 37.3 Å². The highest BCUT2D eigenvalue weighted by molar-refractivity contribution is 14.1. The predicted molar refractivity (Wildman–Crippen MR) is 125 cm³/mol. The van der Waals surface area contributed by atoms with E-state index in [0.717, 1.165) is 40.4 Å². The summed E-state index contributed by atoms with van der Waals surface area (Å²) in [5, 5.41) is 12.4. The molecule has 2 aromatic carbocycles. The molecule has 1 fully saturated rings. The molecule has 6 heteroatoms. The maximum Gasteiger partial charge on any atom is 0.262 e. The molecule has 0 aliphatic heterocycles. The van der Waals surface area contributed by atoms with Crippen molar-refractivity contribution in [3.8, 4) is 17.6 Å². The number of benzene rings is 2. The second-order valence-electron chi connectivity index (χ2n) is 7.44. The van der Waals surface area contributed by atoms with Crippen molar-refractivity contribution in [3.05, 3.63) is 62.2 Å². The zero-order chi connectivity index (χ0) is 21.5. The van der Waals surface area contributed by atoms with Crippen LogP contribution in [0.2, 0.25) is 0 Å². The van der Waals surface area contributed by atoms with Gasteiger partial charge in [0.2, 0.25) is 0 Å². The number of hydrogen-bond donors (Lipinski definition) is 1. The molecule has 0 saturated heterocycles. The van der Waals surface area contributed by atoms with Gasteiger partial charge in [0, 0.05) is 6.04 Å². The number of nitriles is 1. The summed E-state index contributed by atoms with van der Waals surface area (Å²) in [6.07, 6.45) is 5.79. The number of aryl methyl sites for hydroxylation is 1. The molecule has 1 amide bonds. The summed E-state index contributed by atoms with van der Waals surface area (Å²) in [4.78, 5) is 12.5. The fourth-order valence-corrected chi connectivity index (χ4v) is 4.35. The summed E-state index contributed by atoms with van der Waals surface area (Å²) in [6.45, 7) is 2.47. The van der Waals surface area contributed by atoms with Crippen LogP contribution in [0.15, 0.2) is 42.0 Å². The van der Waals surface area contributed by atoms with Crippen molar-refractivity contribution < 1.29 is 14.3 Å². The van der Waals surface area contributed by atoms with Crippen molar-refractivity contribution in [2.45, 2.75) is 45.3 Å². The van der Waals surface area contributed by atoms with Crippen LogP contribution in [0.5, 0.6) is 11.5 Å². The molecule has 30 heavy (non-hydrogen) atoms. The van der Waals surface area contributed by atoms with Crippen LogP contribution in [-0.4, -0.2) is 19.1 Å². The molecule has 5 nitrogen and oxygen atoms in total. The monoisotopic (exact) mass is 516 g/mol. The molecule has 2 aromatic rings. The van der Waals surface area contributed by atoms with Crippen molar-refractivity contribution >= 4 is 34.6 Å². The van der Waals surface area contributed by atoms with E-state index in [0.29, 0.717) is 18.1 Å². The van der Waals surface area contributed by atoms with Crippen molar-refractivity contribution in [2.75, 3.05) is 7.11 Å². The van der Waals surface area contributed by atoms with Crippen molar-refractivity contribution in [1.82, 2.24) is 5.32 Å². The summed E-state index contributed by atoms with van der Waals surface area (Å²) < 4.78 is 12.4. The van der Waals surface area contributed by atoms with Gasteiger partial charge in [-0.3, -0.25) is 4.79 Å². The zero-order valence-electron chi connectivity index (χ0n) is 17.2. The van der Waals surface area contributed by atoms with Gasteiger partial charge in [-0.05, 0) is 71.7 Å². The van der Waals surface area contributed by atoms with E-state index in [9.17, 15) is 10.1 Å². The number of methoxy groups -OCH3 is 1. The van der Waals surface area contributed by atoms with Gasteiger partial charge < -0.3 is 14.8 Å². The van der Waals surface area contributed by atoms with Crippen LogP contribution in [0.1, 0.15) is 42.4 Å². The maximum atomic E-state index is 12.5. The SMILES string of the molecule is COc1cc(/C=C(/C#N)C(=O)NC2CCCC2)cc(I)c1OCc1cccc(C)c1. The Balaban J connectivity index is 1.78. The first-order valence-corrected chi connectivity index (χ1v) is 11.1. The zero-order valence-corrected chi connectivity index (χ0v) is 19.4. The first-order valence-electron chi connectivity index (χ1n) is 9.98.